The van der Waals surface area contributed by atoms with Gasteiger partial charge in [-0.05, 0) is 12.8 Å². The van der Waals surface area contributed by atoms with E-state index in [1.54, 1.807) is 0 Å². The van der Waals surface area contributed by atoms with Crippen LogP contribution in [0.3, 0.4) is 0 Å². The number of aromatic nitrogens is 1. The predicted molar refractivity (Wildman–Crippen MR) is 63.7 cm³/mol. The van der Waals surface area contributed by atoms with Gasteiger partial charge in [-0.3, -0.25) is 19.7 Å². The first kappa shape index (κ1) is 13.1. The van der Waals surface area contributed by atoms with Gasteiger partial charge in [0.15, 0.2) is 0 Å². The molecule has 1 aromatic rings. The highest BCUT2D eigenvalue weighted by molar-refractivity contribution is 5.93. The first-order valence-corrected chi connectivity index (χ1v) is 5.79. The van der Waals surface area contributed by atoms with Crippen molar-refractivity contribution in [1.29, 1.82) is 0 Å². The molecular weight excluding hydrogens is 254 g/mol. The summed E-state index contributed by atoms with van der Waals surface area (Å²) >= 11 is 0. The molecular formula is C11H13N3O5. The van der Waals surface area contributed by atoms with Crippen LogP contribution in [0.25, 0.3) is 0 Å². The number of carboxylic acid groups (broad SMARTS) is 1. The fourth-order valence-corrected chi connectivity index (χ4v) is 2.03. The first-order chi connectivity index (χ1) is 8.94. The highest BCUT2D eigenvalue weighted by Gasteiger charge is 2.44. The lowest BCUT2D eigenvalue weighted by molar-refractivity contribution is -0.384. The Bertz CT molecular complexity index is 532. The van der Waals surface area contributed by atoms with Crippen LogP contribution in [0.15, 0.2) is 12.3 Å². The van der Waals surface area contributed by atoms with Gasteiger partial charge in [0.25, 0.3) is 11.6 Å². The minimum Gasteiger partial charge on any atom is -0.481 e. The lowest BCUT2D eigenvalue weighted by Crippen LogP contribution is -2.47. The maximum absolute atomic E-state index is 11.7. The Morgan fingerprint density at radius 1 is 1.53 bits per heavy atom. The molecule has 19 heavy (non-hydrogen) atoms. The molecule has 3 N–H and O–H groups in total. The quantitative estimate of drug-likeness (QED) is 0.540. The summed E-state index contributed by atoms with van der Waals surface area (Å²) < 4.78 is 0. The molecule has 1 fully saturated rings. The van der Waals surface area contributed by atoms with Crippen molar-refractivity contribution in [3.63, 3.8) is 0 Å². The standard InChI is InChI=1S/C11H13N3O5/c15-9(8-4-7(5-12-8)14(18)19)13-6-11(10(16)17)2-1-3-11/h4-5,12H,1-3,6H2,(H,13,15)(H,16,17). The largest absolute Gasteiger partial charge is 0.481 e. The Kier molecular flexibility index (Phi) is 3.24. The summed E-state index contributed by atoms with van der Waals surface area (Å²) in [6.45, 7) is 0.0357. The van der Waals surface area contributed by atoms with E-state index in [0.29, 0.717) is 12.8 Å². The topological polar surface area (TPSA) is 125 Å². The average Bonchev–Trinajstić information content (AvgIpc) is 2.75. The number of carboxylic acids is 1. The van der Waals surface area contributed by atoms with Crippen LogP contribution in [-0.2, 0) is 4.79 Å². The van der Waals surface area contributed by atoms with E-state index >= 15 is 0 Å². The van der Waals surface area contributed by atoms with Gasteiger partial charge < -0.3 is 15.4 Å². The number of aromatic amines is 1. The summed E-state index contributed by atoms with van der Waals surface area (Å²) in [5, 5.41) is 22.1. The molecule has 1 aliphatic rings. The number of nitrogens with zero attached hydrogens (tertiary/aromatic N) is 1. The molecule has 0 atom stereocenters. The van der Waals surface area contributed by atoms with Crippen molar-refractivity contribution < 1.29 is 19.6 Å². The van der Waals surface area contributed by atoms with Crippen molar-refractivity contribution >= 4 is 17.6 Å². The maximum Gasteiger partial charge on any atom is 0.311 e. The van der Waals surface area contributed by atoms with Crippen LogP contribution >= 0.6 is 0 Å². The Hall–Kier alpha value is -2.38. The Morgan fingerprint density at radius 3 is 2.63 bits per heavy atom. The number of nitrogens with one attached hydrogen (secondary N) is 2. The molecule has 0 radical (unpaired) electrons. The number of carbonyl (C=O) groups is 2. The van der Waals surface area contributed by atoms with Crippen molar-refractivity contribution in [3.8, 4) is 0 Å². The van der Waals surface area contributed by atoms with Crippen molar-refractivity contribution in [2.75, 3.05) is 6.54 Å². The highest BCUT2D eigenvalue weighted by Crippen LogP contribution is 2.40. The summed E-state index contributed by atoms with van der Waals surface area (Å²) in [6, 6.07) is 1.11. The molecule has 1 heterocycles. The molecule has 1 amide bonds. The summed E-state index contributed by atoms with van der Waals surface area (Å²) in [5.74, 6) is -1.46. The average molecular weight is 267 g/mol. The zero-order chi connectivity index (χ0) is 14.0. The fourth-order valence-electron chi connectivity index (χ4n) is 2.03. The van der Waals surface area contributed by atoms with E-state index in [9.17, 15) is 19.7 Å². The molecule has 0 aliphatic heterocycles. The van der Waals surface area contributed by atoms with Gasteiger partial charge in [0.1, 0.15) is 5.69 Å². The maximum atomic E-state index is 11.7. The summed E-state index contributed by atoms with van der Waals surface area (Å²) in [7, 11) is 0. The number of hydrogen-bond acceptors (Lipinski definition) is 4. The van der Waals surface area contributed by atoms with Gasteiger partial charge in [-0.1, -0.05) is 6.42 Å². The number of carbonyl (C=O) groups excluding carboxylic acids is 1. The van der Waals surface area contributed by atoms with Crippen LogP contribution < -0.4 is 5.32 Å². The van der Waals surface area contributed by atoms with E-state index in [1.807, 2.05) is 0 Å². The summed E-state index contributed by atoms with van der Waals surface area (Å²) in [4.78, 5) is 35.2. The Balaban J connectivity index is 1.97. The Labute approximate surface area is 108 Å². The minimum atomic E-state index is -0.920. The third-order valence-electron chi connectivity index (χ3n) is 3.47. The molecule has 1 saturated carbocycles. The van der Waals surface area contributed by atoms with Gasteiger partial charge in [-0.2, -0.15) is 0 Å². The van der Waals surface area contributed by atoms with Crippen LogP contribution in [0.5, 0.6) is 0 Å². The first-order valence-electron chi connectivity index (χ1n) is 5.79. The molecule has 1 aliphatic carbocycles. The van der Waals surface area contributed by atoms with Gasteiger partial charge in [0.05, 0.1) is 16.5 Å². The SMILES string of the molecule is O=C(NCC1(C(=O)O)CCC1)c1cc([N+](=O)[O-])c[nH]1. The van der Waals surface area contributed by atoms with E-state index in [2.05, 4.69) is 10.3 Å². The second kappa shape index (κ2) is 4.71. The minimum absolute atomic E-state index is 0.0357. The number of amides is 1. The third kappa shape index (κ3) is 2.42. The lowest BCUT2D eigenvalue weighted by atomic mass is 9.69. The van der Waals surface area contributed by atoms with E-state index < -0.39 is 22.2 Å². The van der Waals surface area contributed by atoms with Gasteiger partial charge in [-0.25, -0.2) is 0 Å². The number of aliphatic carboxylic acids is 1. The zero-order valence-corrected chi connectivity index (χ0v) is 10.0. The smallest absolute Gasteiger partial charge is 0.311 e. The Morgan fingerprint density at radius 2 is 2.21 bits per heavy atom. The molecule has 8 heteroatoms. The van der Waals surface area contributed by atoms with Crippen LogP contribution in [0, 0.1) is 15.5 Å². The van der Waals surface area contributed by atoms with E-state index in [4.69, 9.17) is 5.11 Å². The third-order valence-corrected chi connectivity index (χ3v) is 3.47. The van der Waals surface area contributed by atoms with Crippen molar-refractivity contribution in [2.45, 2.75) is 19.3 Å². The van der Waals surface area contributed by atoms with E-state index in [0.717, 1.165) is 18.7 Å². The molecule has 0 spiro atoms. The zero-order valence-electron chi connectivity index (χ0n) is 10.0. The van der Waals surface area contributed by atoms with Crippen LogP contribution in [0.1, 0.15) is 29.8 Å². The van der Waals surface area contributed by atoms with E-state index in [1.165, 1.54) is 0 Å². The van der Waals surface area contributed by atoms with Crippen molar-refractivity contribution in [1.82, 2.24) is 10.3 Å². The molecule has 2 rings (SSSR count). The molecule has 1 aromatic heterocycles. The molecule has 0 aromatic carbocycles. The van der Waals surface area contributed by atoms with Crippen molar-refractivity contribution in [2.24, 2.45) is 5.41 Å². The van der Waals surface area contributed by atoms with Gasteiger partial charge in [0.2, 0.25) is 0 Å². The number of hydrogen-bond donors (Lipinski definition) is 3. The predicted octanol–water partition coefficient (Wildman–Crippen LogP) is 0.908. The second-order valence-electron chi connectivity index (χ2n) is 4.65. The second-order valence-corrected chi connectivity index (χ2v) is 4.65. The van der Waals surface area contributed by atoms with Crippen LogP contribution in [0.4, 0.5) is 5.69 Å². The van der Waals surface area contributed by atoms with Gasteiger partial charge in [0, 0.05) is 12.6 Å². The van der Waals surface area contributed by atoms with Crippen LogP contribution in [-0.4, -0.2) is 33.4 Å². The number of nitro groups is 1. The molecule has 102 valence electrons. The number of rotatable bonds is 5. The van der Waals surface area contributed by atoms with Gasteiger partial charge >= 0.3 is 5.97 Å². The summed E-state index contributed by atoms with van der Waals surface area (Å²) in [5.41, 5.74) is -1.04. The number of H-pyrrole nitrogens is 1. The van der Waals surface area contributed by atoms with Gasteiger partial charge in [-0.15, -0.1) is 0 Å². The monoisotopic (exact) mass is 267 g/mol. The highest BCUT2D eigenvalue weighted by atomic mass is 16.6. The molecule has 0 unspecified atom stereocenters. The van der Waals surface area contributed by atoms with E-state index in [-0.39, 0.29) is 17.9 Å². The fraction of sp³-hybridized carbons (Fsp3) is 0.455. The molecule has 0 bridgehead atoms. The van der Waals surface area contributed by atoms with Crippen LogP contribution in [0.2, 0.25) is 0 Å². The molecule has 0 saturated heterocycles. The van der Waals surface area contributed by atoms with Crippen molar-refractivity contribution in [3.05, 3.63) is 28.1 Å². The molecule has 8 nitrogen and oxygen atoms in total. The summed E-state index contributed by atoms with van der Waals surface area (Å²) in [6.07, 6.45) is 3.02. The normalized spacial score (nSPS) is 16.4. The lowest BCUT2D eigenvalue weighted by Gasteiger charge is -2.37.